The molecule has 0 radical (unpaired) electrons. The number of methoxy groups -OCH3 is 1. The molecule has 0 heterocycles. The number of para-hydroxylation sites is 1. The van der Waals surface area contributed by atoms with Crippen molar-refractivity contribution in [1.82, 2.24) is 5.32 Å². The fourth-order valence-electron chi connectivity index (χ4n) is 1.88. The van der Waals surface area contributed by atoms with E-state index < -0.39 is 0 Å². The lowest BCUT2D eigenvalue weighted by atomic mass is 10.1. The van der Waals surface area contributed by atoms with Crippen LogP contribution in [0.3, 0.4) is 0 Å². The Hall–Kier alpha value is -1.59. The lowest BCUT2D eigenvalue weighted by molar-refractivity contribution is -0.149. The third-order valence-corrected chi connectivity index (χ3v) is 2.79. The summed E-state index contributed by atoms with van der Waals surface area (Å²) < 4.78 is 15.7. The van der Waals surface area contributed by atoms with Crippen molar-refractivity contribution in [1.29, 1.82) is 0 Å². The van der Waals surface area contributed by atoms with E-state index in [0.717, 1.165) is 23.4 Å². The largest absolute Gasteiger partial charge is 0.481 e. The van der Waals surface area contributed by atoms with Gasteiger partial charge in [-0.05, 0) is 26.3 Å². The van der Waals surface area contributed by atoms with Gasteiger partial charge in [-0.1, -0.05) is 18.2 Å². The van der Waals surface area contributed by atoms with Gasteiger partial charge in [-0.15, -0.1) is 0 Å². The topological polar surface area (TPSA) is 56.8 Å². The number of esters is 1. The summed E-state index contributed by atoms with van der Waals surface area (Å²) in [6.07, 6.45) is -0.131. The molecular weight excluding hydrogens is 270 g/mol. The molecule has 0 fully saturated rings. The molecule has 118 valence electrons. The fourth-order valence-corrected chi connectivity index (χ4v) is 1.88. The minimum Gasteiger partial charge on any atom is -0.481 e. The summed E-state index contributed by atoms with van der Waals surface area (Å²) in [6, 6.07) is 5.92. The maximum Gasteiger partial charge on any atom is 0.344 e. The first-order valence-corrected chi connectivity index (χ1v) is 7.15. The number of ether oxygens (including phenoxy) is 3. The van der Waals surface area contributed by atoms with Gasteiger partial charge in [0.05, 0.1) is 12.7 Å². The van der Waals surface area contributed by atoms with Crippen molar-refractivity contribution in [3.8, 4) is 5.75 Å². The van der Waals surface area contributed by atoms with Crippen molar-refractivity contribution < 1.29 is 19.0 Å². The molecular formula is C16H25NO4. The molecule has 21 heavy (non-hydrogen) atoms. The molecule has 1 rings (SSSR count). The van der Waals surface area contributed by atoms with Gasteiger partial charge >= 0.3 is 5.97 Å². The van der Waals surface area contributed by atoms with Gasteiger partial charge in [0.25, 0.3) is 0 Å². The van der Waals surface area contributed by atoms with Crippen LogP contribution in [0.1, 0.15) is 25.0 Å². The van der Waals surface area contributed by atoms with Crippen LogP contribution in [0, 0.1) is 6.92 Å². The molecule has 0 bridgehead atoms. The number of carbonyl (C=O) groups is 1. The minimum atomic E-state index is -0.355. The van der Waals surface area contributed by atoms with E-state index in [1.807, 2.05) is 39.0 Å². The molecule has 0 aliphatic rings. The predicted octanol–water partition coefficient (Wildman–Crippen LogP) is 2.06. The number of benzene rings is 1. The first kappa shape index (κ1) is 17.5. The van der Waals surface area contributed by atoms with Crippen molar-refractivity contribution in [3.63, 3.8) is 0 Å². The van der Waals surface area contributed by atoms with E-state index in [0.29, 0.717) is 13.2 Å². The first-order valence-electron chi connectivity index (χ1n) is 7.15. The molecule has 0 unspecified atom stereocenters. The van der Waals surface area contributed by atoms with Crippen molar-refractivity contribution in [2.24, 2.45) is 0 Å². The van der Waals surface area contributed by atoms with E-state index in [-0.39, 0.29) is 18.7 Å². The molecule has 0 amide bonds. The van der Waals surface area contributed by atoms with E-state index in [4.69, 9.17) is 14.2 Å². The first-order chi connectivity index (χ1) is 10.0. The Bertz CT molecular complexity index is 446. The van der Waals surface area contributed by atoms with Gasteiger partial charge in [0.1, 0.15) is 5.75 Å². The van der Waals surface area contributed by atoms with Crippen molar-refractivity contribution in [3.05, 3.63) is 29.3 Å². The Balaban J connectivity index is 2.60. The van der Waals surface area contributed by atoms with Crippen LogP contribution in [0.4, 0.5) is 0 Å². The summed E-state index contributed by atoms with van der Waals surface area (Å²) in [5.74, 6) is 0.384. The number of nitrogens with one attached hydrogen (secondary N) is 1. The van der Waals surface area contributed by atoms with Crippen LogP contribution in [-0.2, 0) is 20.8 Å². The Kier molecular flexibility index (Phi) is 7.79. The third kappa shape index (κ3) is 6.60. The van der Waals surface area contributed by atoms with Crippen molar-refractivity contribution >= 4 is 5.97 Å². The number of aryl methyl sites for hydroxylation is 1. The van der Waals surface area contributed by atoms with Crippen molar-refractivity contribution in [2.75, 3.05) is 26.9 Å². The van der Waals surface area contributed by atoms with Gasteiger partial charge in [0.15, 0.2) is 6.61 Å². The fraction of sp³-hybridized carbons (Fsp3) is 0.562. The molecule has 0 aliphatic heterocycles. The standard InChI is InChI=1S/C16H25NO4/c1-12(2)21-15(18)11-20-16-13(3)6-5-7-14(16)10-17-8-9-19-4/h5-7,12,17H,8-11H2,1-4H3. The summed E-state index contributed by atoms with van der Waals surface area (Å²) in [7, 11) is 1.67. The van der Waals surface area contributed by atoms with Crippen LogP contribution >= 0.6 is 0 Å². The highest BCUT2D eigenvalue weighted by molar-refractivity contribution is 5.71. The molecule has 0 spiro atoms. The van der Waals surface area contributed by atoms with Gasteiger partial charge in [0, 0.05) is 25.8 Å². The molecule has 5 nitrogen and oxygen atoms in total. The zero-order chi connectivity index (χ0) is 15.7. The summed E-state index contributed by atoms with van der Waals surface area (Å²) >= 11 is 0. The highest BCUT2D eigenvalue weighted by Gasteiger charge is 2.11. The van der Waals surface area contributed by atoms with Crippen LogP contribution in [0.5, 0.6) is 5.75 Å². The predicted molar refractivity (Wildman–Crippen MR) is 81.5 cm³/mol. The van der Waals surface area contributed by atoms with Gasteiger partial charge in [-0.3, -0.25) is 0 Å². The van der Waals surface area contributed by atoms with E-state index >= 15 is 0 Å². The number of carbonyl (C=O) groups excluding carboxylic acids is 1. The van der Waals surface area contributed by atoms with Crippen LogP contribution in [-0.4, -0.2) is 38.9 Å². The second kappa shape index (κ2) is 9.37. The molecule has 1 aromatic rings. The Morgan fingerprint density at radius 2 is 2.10 bits per heavy atom. The normalized spacial score (nSPS) is 10.7. The van der Waals surface area contributed by atoms with Crippen molar-refractivity contribution in [2.45, 2.75) is 33.4 Å². The molecule has 0 aliphatic carbocycles. The molecule has 1 aromatic carbocycles. The average Bonchev–Trinajstić information content (AvgIpc) is 2.42. The molecule has 0 atom stereocenters. The summed E-state index contributed by atoms with van der Waals surface area (Å²) in [6.45, 7) is 7.60. The maximum atomic E-state index is 11.6. The lowest BCUT2D eigenvalue weighted by Gasteiger charge is -2.15. The van der Waals surface area contributed by atoms with E-state index in [9.17, 15) is 4.79 Å². The summed E-state index contributed by atoms with van der Waals surface area (Å²) in [5.41, 5.74) is 2.02. The SMILES string of the molecule is COCCNCc1cccc(C)c1OCC(=O)OC(C)C. The van der Waals surface area contributed by atoms with Crippen LogP contribution < -0.4 is 10.1 Å². The van der Waals surface area contributed by atoms with Gasteiger partial charge in [-0.2, -0.15) is 0 Å². The van der Waals surface area contributed by atoms with Gasteiger partial charge in [0.2, 0.25) is 0 Å². The molecule has 0 saturated carbocycles. The summed E-state index contributed by atoms with van der Waals surface area (Å²) in [4.78, 5) is 11.6. The average molecular weight is 295 g/mol. The van der Waals surface area contributed by atoms with Gasteiger partial charge in [-0.25, -0.2) is 4.79 Å². The second-order valence-electron chi connectivity index (χ2n) is 5.06. The maximum absolute atomic E-state index is 11.6. The number of hydrogen-bond donors (Lipinski definition) is 1. The Morgan fingerprint density at radius 3 is 2.76 bits per heavy atom. The van der Waals surface area contributed by atoms with Crippen LogP contribution in [0.2, 0.25) is 0 Å². The number of rotatable bonds is 9. The third-order valence-electron chi connectivity index (χ3n) is 2.79. The minimum absolute atomic E-state index is 0.0753. The highest BCUT2D eigenvalue weighted by Crippen LogP contribution is 2.23. The quantitative estimate of drug-likeness (QED) is 0.558. The molecule has 0 saturated heterocycles. The van der Waals surface area contributed by atoms with E-state index in [2.05, 4.69) is 5.32 Å². The van der Waals surface area contributed by atoms with E-state index in [1.165, 1.54) is 0 Å². The summed E-state index contributed by atoms with van der Waals surface area (Å²) in [5, 5.41) is 3.27. The second-order valence-corrected chi connectivity index (χ2v) is 5.06. The Morgan fingerprint density at radius 1 is 1.33 bits per heavy atom. The zero-order valence-electron chi connectivity index (χ0n) is 13.3. The smallest absolute Gasteiger partial charge is 0.344 e. The zero-order valence-corrected chi connectivity index (χ0v) is 13.3. The molecule has 5 heteroatoms. The van der Waals surface area contributed by atoms with Crippen LogP contribution in [0.15, 0.2) is 18.2 Å². The van der Waals surface area contributed by atoms with Gasteiger partial charge < -0.3 is 19.5 Å². The Labute approximate surface area is 126 Å². The lowest BCUT2D eigenvalue weighted by Crippen LogP contribution is -2.21. The molecule has 1 N–H and O–H groups in total. The van der Waals surface area contributed by atoms with E-state index in [1.54, 1.807) is 7.11 Å². The highest BCUT2D eigenvalue weighted by atomic mass is 16.6. The monoisotopic (exact) mass is 295 g/mol. The van der Waals surface area contributed by atoms with Crippen LogP contribution in [0.25, 0.3) is 0 Å². The molecule has 0 aromatic heterocycles. The number of hydrogen-bond acceptors (Lipinski definition) is 5.